The Kier molecular flexibility index (Phi) is 11.5. The van der Waals surface area contributed by atoms with E-state index in [0.717, 1.165) is 17.5 Å². The lowest BCUT2D eigenvalue weighted by atomic mass is 10.1. The van der Waals surface area contributed by atoms with Gasteiger partial charge in [0, 0.05) is 0 Å². The maximum Gasteiger partial charge on any atom is 0.0933 e. The van der Waals surface area contributed by atoms with Gasteiger partial charge in [-0.25, -0.2) is 4.21 Å². The highest BCUT2D eigenvalue weighted by Crippen LogP contribution is 2.07. The van der Waals surface area contributed by atoms with Gasteiger partial charge < -0.3 is 0 Å². The minimum atomic E-state index is -1.23. The number of allylic oxidation sites excluding steroid dienone is 3. The van der Waals surface area contributed by atoms with Crippen molar-refractivity contribution in [2.45, 2.75) is 46.3 Å². The summed E-state index contributed by atoms with van der Waals surface area (Å²) >= 11 is 0. The van der Waals surface area contributed by atoms with Gasteiger partial charge in [0.1, 0.15) is 0 Å². The second-order valence-electron chi connectivity index (χ2n) is 4.46. The van der Waals surface area contributed by atoms with Crippen LogP contribution in [0.3, 0.4) is 0 Å². The molecule has 21 heavy (non-hydrogen) atoms. The van der Waals surface area contributed by atoms with Crippen molar-refractivity contribution in [3.05, 3.63) is 64.9 Å². The molecule has 1 aromatic carbocycles. The average Bonchev–Trinajstić information content (AvgIpc) is 2.72. The first kappa shape index (κ1) is 19.6. The van der Waals surface area contributed by atoms with Crippen LogP contribution < -0.4 is 5.14 Å². The van der Waals surface area contributed by atoms with Crippen LogP contribution in [0.25, 0.3) is 0 Å². The van der Waals surface area contributed by atoms with E-state index in [9.17, 15) is 4.21 Å². The molecule has 0 heterocycles. The Hall–Kier alpha value is -1.41. The molecule has 2 N–H and O–H groups in total. The lowest BCUT2D eigenvalue weighted by Crippen LogP contribution is -2.06. The van der Waals surface area contributed by atoms with Gasteiger partial charge in [-0.3, -0.25) is 5.14 Å². The van der Waals surface area contributed by atoms with Crippen LogP contribution in [0.5, 0.6) is 0 Å². The Morgan fingerprint density at radius 2 is 1.86 bits per heavy atom. The summed E-state index contributed by atoms with van der Waals surface area (Å²) in [6.07, 6.45) is 8.71. The molecule has 0 saturated carbocycles. The van der Waals surface area contributed by atoms with E-state index in [-0.39, 0.29) is 0 Å². The summed E-state index contributed by atoms with van der Waals surface area (Å²) in [7, 11) is -1.23. The zero-order valence-electron chi connectivity index (χ0n) is 13.6. The molecule has 1 atom stereocenters. The van der Waals surface area contributed by atoms with Crippen LogP contribution in [-0.2, 0) is 16.7 Å². The molecule has 1 unspecified atom stereocenters. The predicted molar refractivity (Wildman–Crippen MR) is 94.2 cm³/mol. The largest absolute Gasteiger partial charge is 0.252 e. The van der Waals surface area contributed by atoms with Crippen LogP contribution in [0.2, 0.25) is 0 Å². The van der Waals surface area contributed by atoms with E-state index in [4.69, 9.17) is 5.14 Å². The molecule has 0 aliphatic heterocycles. The number of rotatable bonds is 2. The molecule has 0 spiro atoms. The van der Waals surface area contributed by atoms with Crippen LogP contribution in [-0.4, -0.2) is 4.21 Å². The minimum Gasteiger partial charge on any atom is -0.252 e. The third kappa shape index (κ3) is 10.0. The minimum absolute atomic E-state index is 0.451. The van der Waals surface area contributed by atoms with Crippen LogP contribution >= 0.6 is 0 Å². The molecule has 0 fully saturated rings. The maximum atomic E-state index is 10.7. The topological polar surface area (TPSA) is 43.1 Å². The van der Waals surface area contributed by atoms with Crippen molar-refractivity contribution >= 4 is 11.0 Å². The van der Waals surface area contributed by atoms with Gasteiger partial charge in [0.25, 0.3) is 0 Å². The average molecular weight is 305 g/mol. The second kappa shape index (κ2) is 12.3. The standard InChI is InChI=1S/C8H11NOS.C8H10.C2H6/c1-7-4-2-3-5-8(7)6-11(9)10;1-8-6-4-2-3-5-7-8;1-2/h2-5H,6,9H2,1H3;4-6H,2-3H2,1H3;1-2H3. The highest BCUT2D eigenvalue weighted by molar-refractivity contribution is 7.81. The van der Waals surface area contributed by atoms with E-state index in [1.807, 2.05) is 45.0 Å². The number of nitrogens with two attached hydrogens (primary N) is 1. The Labute approximate surface area is 132 Å². The van der Waals surface area contributed by atoms with Crippen molar-refractivity contribution in [2.75, 3.05) is 0 Å². The molecular weight excluding hydrogens is 278 g/mol. The molecule has 1 aromatic rings. The highest BCUT2D eigenvalue weighted by atomic mass is 32.2. The van der Waals surface area contributed by atoms with Crippen LogP contribution in [0.15, 0.2) is 53.8 Å². The Morgan fingerprint density at radius 3 is 2.48 bits per heavy atom. The van der Waals surface area contributed by atoms with E-state index in [1.54, 1.807) is 0 Å². The first-order valence-corrected chi connectivity index (χ1v) is 8.73. The SMILES string of the molecule is CC.CC1=C=CCCC=C1.Cc1ccccc1CS(N)=O. The van der Waals surface area contributed by atoms with Gasteiger partial charge in [-0.2, -0.15) is 0 Å². The number of hydrogen-bond donors (Lipinski definition) is 1. The lowest BCUT2D eigenvalue weighted by Gasteiger charge is -2.00. The quantitative estimate of drug-likeness (QED) is 0.798. The normalized spacial score (nSPS) is 13.9. The molecule has 0 amide bonds. The fraction of sp³-hybridized carbons (Fsp3) is 0.389. The Morgan fingerprint density at radius 1 is 1.19 bits per heavy atom. The van der Waals surface area contributed by atoms with Crippen LogP contribution in [0.1, 0.15) is 44.7 Å². The maximum absolute atomic E-state index is 10.7. The van der Waals surface area contributed by atoms with Crippen molar-refractivity contribution in [3.8, 4) is 0 Å². The molecule has 0 saturated heterocycles. The lowest BCUT2D eigenvalue weighted by molar-refractivity contribution is 0.684. The zero-order valence-corrected chi connectivity index (χ0v) is 14.4. The monoisotopic (exact) mass is 305 g/mol. The third-order valence-electron chi connectivity index (χ3n) is 2.73. The molecule has 2 rings (SSSR count). The fourth-order valence-corrected chi connectivity index (χ4v) is 2.28. The van der Waals surface area contributed by atoms with Gasteiger partial charge in [-0.05, 0) is 49.5 Å². The van der Waals surface area contributed by atoms with Crippen LogP contribution in [0.4, 0.5) is 0 Å². The summed E-state index contributed by atoms with van der Waals surface area (Å²) in [6, 6.07) is 7.82. The van der Waals surface area contributed by atoms with Gasteiger partial charge in [-0.1, -0.05) is 50.3 Å². The van der Waals surface area contributed by atoms with Crippen molar-refractivity contribution in [1.29, 1.82) is 0 Å². The zero-order chi connectivity index (χ0) is 16.1. The molecule has 0 bridgehead atoms. The van der Waals surface area contributed by atoms with E-state index >= 15 is 0 Å². The van der Waals surface area contributed by atoms with E-state index in [2.05, 4.69) is 30.9 Å². The summed E-state index contributed by atoms with van der Waals surface area (Å²) in [6.45, 7) is 8.06. The molecule has 1 aliphatic rings. The molecule has 3 heteroatoms. The third-order valence-corrected chi connectivity index (χ3v) is 3.33. The smallest absolute Gasteiger partial charge is 0.0933 e. The summed E-state index contributed by atoms with van der Waals surface area (Å²) in [5.41, 5.74) is 6.60. The van der Waals surface area contributed by atoms with Gasteiger partial charge >= 0.3 is 0 Å². The van der Waals surface area contributed by atoms with Gasteiger partial charge in [-0.15, -0.1) is 5.73 Å². The Balaban J connectivity index is 0.000000354. The summed E-state index contributed by atoms with van der Waals surface area (Å²) in [5, 5.41) is 5.17. The van der Waals surface area contributed by atoms with Gasteiger partial charge in [0.05, 0.1) is 16.7 Å². The van der Waals surface area contributed by atoms with Crippen molar-refractivity contribution in [1.82, 2.24) is 0 Å². The molecule has 116 valence electrons. The molecular formula is C18H27NOS. The highest BCUT2D eigenvalue weighted by Gasteiger charge is 1.98. The van der Waals surface area contributed by atoms with E-state index < -0.39 is 11.0 Å². The number of benzene rings is 1. The number of aryl methyl sites for hydroxylation is 1. The summed E-state index contributed by atoms with van der Waals surface area (Å²) in [4.78, 5) is 0. The van der Waals surface area contributed by atoms with Gasteiger partial charge in [0.15, 0.2) is 0 Å². The number of hydrogen-bond acceptors (Lipinski definition) is 1. The molecule has 0 aromatic heterocycles. The van der Waals surface area contributed by atoms with E-state index in [0.29, 0.717) is 5.75 Å². The van der Waals surface area contributed by atoms with Crippen molar-refractivity contribution in [3.63, 3.8) is 0 Å². The summed E-state index contributed by atoms with van der Waals surface area (Å²) < 4.78 is 10.7. The van der Waals surface area contributed by atoms with E-state index in [1.165, 1.54) is 12.0 Å². The second-order valence-corrected chi connectivity index (χ2v) is 5.51. The fourth-order valence-electron chi connectivity index (χ4n) is 1.65. The summed E-state index contributed by atoms with van der Waals surface area (Å²) in [5.74, 6) is 0.451. The van der Waals surface area contributed by atoms with Gasteiger partial charge in [0.2, 0.25) is 0 Å². The van der Waals surface area contributed by atoms with Crippen molar-refractivity contribution < 1.29 is 4.21 Å². The molecule has 0 radical (unpaired) electrons. The Bertz CT molecular complexity index is 526. The van der Waals surface area contributed by atoms with Crippen molar-refractivity contribution in [2.24, 2.45) is 5.14 Å². The van der Waals surface area contributed by atoms with Crippen LogP contribution in [0, 0.1) is 6.92 Å². The first-order chi connectivity index (χ1) is 10.1. The molecule has 1 aliphatic carbocycles. The molecule has 2 nitrogen and oxygen atoms in total. The predicted octanol–water partition coefficient (Wildman–Crippen LogP) is 4.58. The first-order valence-electron chi connectivity index (χ1n) is 7.35.